The van der Waals surface area contributed by atoms with Crippen LogP contribution in [0.3, 0.4) is 0 Å². The maximum Gasteiger partial charge on any atom is 0.338 e. The fourth-order valence-electron chi connectivity index (χ4n) is 2.61. The lowest BCUT2D eigenvalue weighted by atomic mass is 10.1. The van der Waals surface area contributed by atoms with Crippen molar-refractivity contribution >= 4 is 39.5 Å². The van der Waals surface area contributed by atoms with E-state index in [1.54, 1.807) is 19.1 Å². The van der Waals surface area contributed by atoms with Gasteiger partial charge in [0.25, 0.3) is 5.91 Å². The quantitative estimate of drug-likeness (QED) is 0.658. The Morgan fingerprint density at radius 3 is 2.50 bits per heavy atom. The summed E-state index contributed by atoms with van der Waals surface area (Å²) in [7, 11) is 2.51. The highest BCUT2D eigenvalue weighted by atomic mass is 79.9. The molecule has 2 N–H and O–H groups in total. The number of hydrogen-bond acceptors (Lipinski definition) is 7. The summed E-state index contributed by atoms with van der Waals surface area (Å²) in [5.41, 5.74) is 1.56. The number of aliphatic hydroxyl groups excluding tert-OH is 1. The van der Waals surface area contributed by atoms with Crippen LogP contribution in [0.4, 0.5) is 5.69 Å². The topological polar surface area (TPSA) is 105 Å². The molecule has 0 spiro atoms. The number of rotatable bonds is 6. The summed E-state index contributed by atoms with van der Waals surface area (Å²) in [4.78, 5) is 37.9. The van der Waals surface area contributed by atoms with Crippen molar-refractivity contribution in [3.05, 3.63) is 39.0 Å². The second kappa shape index (κ2) is 8.33. The molecule has 140 valence electrons. The van der Waals surface area contributed by atoms with Crippen molar-refractivity contribution in [2.24, 2.45) is 0 Å². The van der Waals surface area contributed by atoms with Crippen molar-refractivity contribution in [3.63, 3.8) is 0 Å². The molecule has 0 radical (unpaired) electrons. The van der Waals surface area contributed by atoms with E-state index in [2.05, 4.69) is 21.2 Å². The molecule has 26 heavy (non-hydrogen) atoms. The second-order valence-electron chi connectivity index (χ2n) is 5.54. The van der Waals surface area contributed by atoms with E-state index >= 15 is 0 Å². The summed E-state index contributed by atoms with van der Waals surface area (Å²) in [6.45, 7) is 1.60. The van der Waals surface area contributed by atoms with Crippen molar-refractivity contribution in [1.82, 2.24) is 4.90 Å². The number of aliphatic hydroxyl groups is 1. The molecule has 1 aromatic rings. The summed E-state index contributed by atoms with van der Waals surface area (Å²) in [5, 5.41) is 12.0. The lowest BCUT2D eigenvalue weighted by molar-refractivity contribution is -0.136. The lowest BCUT2D eigenvalue weighted by Gasteiger charge is -2.16. The molecule has 2 rings (SSSR count). The molecule has 0 unspecified atom stereocenters. The van der Waals surface area contributed by atoms with Gasteiger partial charge in [0, 0.05) is 16.7 Å². The van der Waals surface area contributed by atoms with Gasteiger partial charge in [-0.25, -0.2) is 9.59 Å². The van der Waals surface area contributed by atoms with Gasteiger partial charge in [0.2, 0.25) is 0 Å². The maximum absolute atomic E-state index is 12.6. The van der Waals surface area contributed by atoms with E-state index in [-0.39, 0.29) is 31.0 Å². The smallest absolute Gasteiger partial charge is 0.338 e. The Morgan fingerprint density at radius 2 is 1.92 bits per heavy atom. The number of anilines is 1. The molecule has 1 aliphatic heterocycles. The summed E-state index contributed by atoms with van der Waals surface area (Å²) < 4.78 is 10.1. The standard InChI is InChI=1S/C17H19BrN2O6/c1-9-11(16(23)25-2)6-10(18)7-13(9)19-14-12(17(24)26-3)8-20(4-5-21)15(14)22/h6-7,19,21H,4-5,8H2,1-3H3. The zero-order valence-corrected chi connectivity index (χ0v) is 16.2. The third kappa shape index (κ3) is 3.88. The zero-order valence-electron chi connectivity index (χ0n) is 14.6. The molecule has 0 bridgehead atoms. The van der Waals surface area contributed by atoms with Gasteiger partial charge >= 0.3 is 11.9 Å². The third-order valence-electron chi connectivity index (χ3n) is 3.99. The van der Waals surface area contributed by atoms with Crippen LogP contribution in [-0.2, 0) is 19.1 Å². The van der Waals surface area contributed by atoms with E-state index in [0.29, 0.717) is 21.3 Å². The van der Waals surface area contributed by atoms with Crippen LogP contribution in [0, 0.1) is 6.92 Å². The molecule has 1 aliphatic rings. The first-order chi connectivity index (χ1) is 12.3. The van der Waals surface area contributed by atoms with Gasteiger partial charge in [0.15, 0.2) is 0 Å². The van der Waals surface area contributed by atoms with Gasteiger partial charge in [-0.15, -0.1) is 0 Å². The van der Waals surface area contributed by atoms with Crippen molar-refractivity contribution in [1.29, 1.82) is 0 Å². The molecular formula is C17H19BrN2O6. The van der Waals surface area contributed by atoms with E-state index in [9.17, 15) is 14.4 Å². The number of nitrogens with zero attached hydrogens (tertiary/aromatic N) is 1. The zero-order chi connectivity index (χ0) is 19.4. The average Bonchev–Trinajstić information content (AvgIpc) is 2.93. The number of carbonyl (C=O) groups excluding carboxylic acids is 3. The van der Waals surface area contributed by atoms with E-state index in [1.807, 2.05) is 0 Å². The number of benzene rings is 1. The minimum atomic E-state index is -0.637. The largest absolute Gasteiger partial charge is 0.466 e. The molecule has 1 aromatic carbocycles. The number of nitrogens with one attached hydrogen (secondary N) is 1. The van der Waals surface area contributed by atoms with Crippen molar-refractivity contribution in [2.75, 3.05) is 39.2 Å². The summed E-state index contributed by atoms with van der Waals surface area (Å²) in [6, 6.07) is 3.29. The highest BCUT2D eigenvalue weighted by Crippen LogP contribution is 2.29. The summed E-state index contributed by atoms with van der Waals surface area (Å²) in [5.74, 6) is -1.59. The average molecular weight is 427 g/mol. The molecule has 0 fully saturated rings. The van der Waals surface area contributed by atoms with Gasteiger partial charge in [0.1, 0.15) is 5.70 Å². The monoisotopic (exact) mass is 426 g/mol. The maximum atomic E-state index is 12.6. The summed E-state index contributed by atoms with van der Waals surface area (Å²) >= 11 is 3.32. The first kappa shape index (κ1) is 19.9. The Bertz CT molecular complexity index is 790. The fraction of sp³-hybridized carbons (Fsp3) is 0.353. The van der Waals surface area contributed by atoms with Gasteiger partial charge in [-0.05, 0) is 24.6 Å². The van der Waals surface area contributed by atoms with Crippen molar-refractivity contribution in [2.45, 2.75) is 6.92 Å². The van der Waals surface area contributed by atoms with Gasteiger partial charge in [-0.2, -0.15) is 0 Å². The Kier molecular flexibility index (Phi) is 6.38. The van der Waals surface area contributed by atoms with Crippen molar-refractivity contribution in [3.8, 4) is 0 Å². The number of hydrogen-bond donors (Lipinski definition) is 2. The minimum absolute atomic E-state index is 0.0330. The van der Waals surface area contributed by atoms with Crippen LogP contribution < -0.4 is 5.32 Å². The molecule has 0 aliphatic carbocycles. The predicted molar refractivity (Wildman–Crippen MR) is 96.5 cm³/mol. The number of ether oxygens (including phenoxy) is 2. The summed E-state index contributed by atoms with van der Waals surface area (Å²) in [6.07, 6.45) is 0. The molecule has 9 heteroatoms. The molecule has 0 saturated carbocycles. The van der Waals surface area contributed by atoms with E-state index in [1.165, 1.54) is 19.1 Å². The van der Waals surface area contributed by atoms with E-state index in [0.717, 1.165) is 0 Å². The Balaban J connectivity index is 2.47. The highest BCUT2D eigenvalue weighted by Gasteiger charge is 2.34. The first-order valence-corrected chi connectivity index (χ1v) is 8.50. The SMILES string of the molecule is COC(=O)C1=C(Nc2cc(Br)cc(C(=O)OC)c2C)C(=O)N(CCO)C1. The van der Waals surface area contributed by atoms with Gasteiger partial charge < -0.3 is 24.8 Å². The van der Waals surface area contributed by atoms with Crippen molar-refractivity contribution < 1.29 is 29.0 Å². The Morgan fingerprint density at radius 1 is 1.27 bits per heavy atom. The number of esters is 2. The number of halogens is 1. The lowest BCUT2D eigenvalue weighted by Crippen LogP contribution is -2.31. The van der Waals surface area contributed by atoms with Crippen LogP contribution in [0.2, 0.25) is 0 Å². The van der Waals surface area contributed by atoms with Gasteiger partial charge in [0.05, 0.1) is 38.5 Å². The molecule has 1 heterocycles. The first-order valence-electron chi connectivity index (χ1n) is 7.71. The van der Waals surface area contributed by atoms with Crippen LogP contribution >= 0.6 is 15.9 Å². The minimum Gasteiger partial charge on any atom is -0.466 e. The van der Waals surface area contributed by atoms with Gasteiger partial charge in [-0.3, -0.25) is 4.79 Å². The predicted octanol–water partition coefficient (Wildman–Crippen LogP) is 1.22. The fourth-order valence-corrected chi connectivity index (χ4v) is 3.07. The van der Waals surface area contributed by atoms with Crippen LogP contribution in [0.25, 0.3) is 0 Å². The molecule has 1 amide bonds. The van der Waals surface area contributed by atoms with Crippen LogP contribution in [0.15, 0.2) is 27.9 Å². The third-order valence-corrected chi connectivity index (χ3v) is 4.45. The molecule has 0 atom stereocenters. The molecular weight excluding hydrogens is 408 g/mol. The van der Waals surface area contributed by atoms with E-state index in [4.69, 9.17) is 14.6 Å². The molecule has 8 nitrogen and oxygen atoms in total. The number of amides is 1. The number of methoxy groups -OCH3 is 2. The van der Waals surface area contributed by atoms with Gasteiger partial charge in [-0.1, -0.05) is 15.9 Å². The van der Waals surface area contributed by atoms with Crippen LogP contribution in [0.1, 0.15) is 15.9 Å². The number of carbonyl (C=O) groups is 3. The highest BCUT2D eigenvalue weighted by molar-refractivity contribution is 9.10. The van der Waals surface area contributed by atoms with Crippen LogP contribution in [0.5, 0.6) is 0 Å². The normalized spacial score (nSPS) is 13.9. The van der Waals surface area contributed by atoms with E-state index < -0.39 is 17.8 Å². The molecule has 0 aromatic heterocycles. The number of β-amino-alcohol motifs (C(OH)–C–C–N with tert-alkyl or cyclic N) is 1. The Hall–Kier alpha value is -2.39. The van der Waals surface area contributed by atoms with Crippen LogP contribution in [-0.4, -0.2) is 61.8 Å². The molecule has 0 saturated heterocycles. The second-order valence-corrected chi connectivity index (χ2v) is 6.45. The Labute approximate surface area is 158 Å².